The Bertz CT molecular complexity index is 729. The number of rotatable bonds is 3. The Kier molecular flexibility index (Phi) is 2.99. The molecule has 0 unspecified atom stereocenters. The number of nitrogen functional groups attached to an aromatic ring is 1. The van der Waals surface area contributed by atoms with Crippen molar-refractivity contribution in [2.75, 3.05) is 41.7 Å². The third kappa shape index (κ3) is 1.93. The molecule has 22 heavy (non-hydrogen) atoms. The van der Waals surface area contributed by atoms with Crippen LogP contribution in [0.15, 0.2) is 30.3 Å². The molecule has 0 aliphatic carbocycles. The van der Waals surface area contributed by atoms with E-state index in [-0.39, 0.29) is 0 Å². The van der Waals surface area contributed by atoms with Crippen LogP contribution in [0.4, 0.5) is 22.7 Å². The van der Waals surface area contributed by atoms with Gasteiger partial charge in [0.2, 0.25) is 0 Å². The van der Waals surface area contributed by atoms with Gasteiger partial charge in [-0.2, -0.15) is 0 Å². The first kappa shape index (κ1) is 13.1. The molecule has 5 heteroatoms. The van der Waals surface area contributed by atoms with Gasteiger partial charge in [-0.05, 0) is 36.6 Å². The minimum absolute atomic E-state index is 0.783. The molecular weight excluding hydrogens is 276 g/mol. The second kappa shape index (κ2) is 5.02. The van der Waals surface area contributed by atoms with Gasteiger partial charge in [0.1, 0.15) is 11.4 Å². The molecule has 0 saturated heterocycles. The van der Waals surface area contributed by atoms with Gasteiger partial charge < -0.3 is 15.8 Å². The van der Waals surface area contributed by atoms with Gasteiger partial charge in [0.25, 0.3) is 0 Å². The Balaban J connectivity index is 1.72. The van der Waals surface area contributed by atoms with E-state index in [2.05, 4.69) is 27.9 Å². The number of hydrazine groups is 1. The maximum absolute atomic E-state index is 6.21. The molecule has 0 fully saturated rings. The predicted octanol–water partition coefficient (Wildman–Crippen LogP) is 2.64. The second-order valence-corrected chi connectivity index (χ2v) is 5.71. The fourth-order valence-corrected chi connectivity index (χ4v) is 3.38. The maximum Gasteiger partial charge on any atom is 0.144 e. The van der Waals surface area contributed by atoms with Gasteiger partial charge in [-0.25, -0.2) is 0 Å². The summed E-state index contributed by atoms with van der Waals surface area (Å²) in [7, 11) is 1.71. The zero-order valence-electron chi connectivity index (χ0n) is 12.6. The molecule has 2 aromatic rings. The van der Waals surface area contributed by atoms with Crippen molar-refractivity contribution >= 4 is 22.7 Å². The number of fused-ring (bicyclic) bond motifs is 2. The summed E-state index contributed by atoms with van der Waals surface area (Å²) in [6, 6.07) is 10.2. The van der Waals surface area contributed by atoms with E-state index in [9.17, 15) is 0 Å². The molecule has 4 rings (SSSR count). The highest BCUT2D eigenvalue weighted by Gasteiger charge is 2.25. The van der Waals surface area contributed by atoms with E-state index >= 15 is 0 Å². The second-order valence-electron chi connectivity index (χ2n) is 5.71. The van der Waals surface area contributed by atoms with Gasteiger partial charge in [0.15, 0.2) is 0 Å². The van der Waals surface area contributed by atoms with E-state index in [0.717, 1.165) is 48.7 Å². The fourth-order valence-electron chi connectivity index (χ4n) is 3.38. The van der Waals surface area contributed by atoms with E-state index in [1.165, 1.54) is 16.8 Å². The average molecular weight is 296 g/mol. The molecule has 2 aromatic carbocycles. The molecule has 0 amide bonds. The number of ether oxygens (including phenoxy) is 1. The number of methoxy groups -OCH3 is 1. The standard InChI is InChI=1S/C17H20N4O/c1-22-15-4-2-3-11-8-10-21(17(11)15)20-16-12-7-9-19-14(12)6-5-13(16)18/h2-6,19-20H,7-10,18H2,1H3. The van der Waals surface area contributed by atoms with Gasteiger partial charge in [0.05, 0.1) is 18.5 Å². The highest BCUT2D eigenvalue weighted by Crippen LogP contribution is 2.40. The lowest BCUT2D eigenvalue weighted by Gasteiger charge is -2.25. The predicted molar refractivity (Wildman–Crippen MR) is 90.7 cm³/mol. The summed E-state index contributed by atoms with van der Waals surface area (Å²) >= 11 is 0. The Hall–Kier alpha value is -2.56. The first-order valence-electron chi connectivity index (χ1n) is 7.63. The largest absolute Gasteiger partial charge is 0.495 e. The zero-order valence-corrected chi connectivity index (χ0v) is 12.6. The minimum atomic E-state index is 0.783. The number of hydrogen-bond acceptors (Lipinski definition) is 5. The van der Waals surface area contributed by atoms with Crippen molar-refractivity contribution in [3.63, 3.8) is 0 Å². The summed E-state index contributed by atoms with van der Waals surface area (Å²) < 4.78 is 5.52. The number of anilines is 4. The van der Waals surface area contributed by atoms with Crippen LogP contribution in [0.1, 0.15) is 11.1 Å². The van der Waals surface area contributed by atoms with E-state index in [1.54, 1.807) is 7.11 Å². The van der Waals surface area contributed by atoms with Crippen LogP contribution in [0, 0.1) is 0 Å². The van der Waals surface area contributed by atoms with Crippen molar-refractivity contribution in [3.05, 3.63) is 41.5 Å². The lowest BCUT2D eigenvalue weighted by Crippen LogP contribution is -2.29. The number of nitrogens with zero attached hydrogens (tertiary/aromatic N) is 1. The topological polar surface area (TPSA) is 62.5 Å². The monoisotopic (exact) mass is 296 g/mol. The van der Waals surface area contributed by atoms with Gasteiger partial charge in [-0.3, -0.25) is 10.4 Å². The van der Waals surface area contributed by atoms with Crippen LogP contribution in [-0.4, -0.2) is 20.2 Å². The lowest BCUT2D eigenvalue weighted by molar-refractivity contribution is 0.415. The summed E-state index contributed by atoms with van der Waals surface area (Å²) in [4.78, 5) is 0. The SMILES string of the molecule is COc1cccc2c1N(Nc1c(N)ccc3c1CCN3)CC2. The van der Waals surface area contributed by atoms with Crippen molar-refractivity contribution in [1.29, 1.82) is 0 Å². The molecule has 0 aromatic heterocycles. The average Bonchev–Trinajstić information content (AvgIpc) is 3.16. The fraction of sp³-hybridized carbons (Fsp3) is 0.294. The van der Waals surface area contributed by atoms with Crippen molar-refractivity contribution < 1.29 is 4.74 Å². The van der Waals surface area contributed by atoms with Gasteiger partial charge >= 0.3 is 0 Å². The molecule has 0 radical (unpaired) electrons. The van der Waals surface area contributed by atoms with E-state index in [4.69, 9.17) is 10.5 Å². The summed E-state index contributed by atoms with van der Waals surface area (Å²) in [6.07, 6.45) is 2.00. The van der Waals surface area contributed by atoms with E-state index in [1.807, 2.05) is 18.2 Å². The third-order valence-electron chi connectivity index (χ3n) is 4.46. The minimum Gasteiger partial charge on any atom is -0.495 e. The molecule has 2 aliphatic rings. The number of nitrogens with one attached hydrogen (secondary N) is 2. The lowest BCUT2D eigenvalue weighted by atomic mass is 10.1. The smallest absolute Gasteiger partial charge is 0.144 e. The van der Waals surface area contributed by atoms with Crippen molar-refractivity contribution in [2.45, 2.75) is 12.8 Å². The highest BCUT2D eigenvalue weighted by atomic mass is 16.5. The summed E-state index contributed by atoms with van der Waals surface area (Å²) in [5.41, 5.74) is 16.4. The Labute approximate surface area is 130 Å². The van der Waals surface area contributed by atoms with Crippen LogP contribution in [0.3, 0.4) is 0 Å². The number of hydrogen-bond donors (Lipinski definition) is 3. The van der Waals surface area contributed by atoms with Crippen molar-refractivity contribution in [3.8, 4) is 5.75 Å². The van der Waals surface area contributed by atoms with Crippen LogP contribution in [0.5, 0.6) is 5.75 Å². The van der Waals surface area contributed by atoms with Crippen LogP contribution < -0.4 is 26.2 Å². The first-order chi connectivity index (χ1) is 10.8. The number of benzene rings is 2. The Morgan fingerprint density at radius 1 is 1.23 bits per heavy atom. The van der Waals surface area contributed by atoms with Crippen LogP contribution in [0.25, 0.3) is 0 Å². The van der Waals surface area contributed by atoms with E-state index in [0.29, 0.717) is 0 Å². The molecule has 0 spiro atoms. The molecule has 0 atom stereocenters. The molecular formula is C17H20N4O. The quantitative estimate of drug-likeness (QED) is 0.760. The Morgan fingerprint density at radius 2 is 2.14 bits per heavy atom. The molecule has 114 valence electrons. The van der Waals surface area contributed by atoms with Gasteiger partial charge in [-0.15, -0.1) is 0 Å². The molecule has 4 N–H and O–H groups in total. The zero-order chi connectivity index (χ0) is 15.1. The van der Waals surface area contributed by atoms with E-state index < -0.39 is 0 Å². The summed E-state index contributed by atoms with van der Waals surface area (Å²) in [5.74, 6) is 0.895. The van der Waals surface area contributed by atoms with Crippen molar-refractivity contribution in [2.24, 2.45) is 0 Å². The molecule has 0 bridgehead atoms. The number of para-hydroxylation sites is 1. The molecule has 5 nitrogen and oxygen atoms in total. The molecule has 2 heterocycles. The summed E-state index contributed by atoms with van der Waals surface area (Å²) in [6.45, 7) is 1.87. The summed E-state index contributed by atoms with van der Waals surface area (Å²) in [5, 5.41) is 5.55. The molecule has 2 aliphatic heterocycles. The van der Waals surface area contributed by atoms with Crippen molar-refractivity contribution in [1.82, 2.24) is 0 Å². The maximum atomic E-state index is 6.21. The normalized spacial score (nSPS) is 15.2. The first-order valence-corrected chi connectivity index (χ1v) is 7.63. The Morgan fingerprint density at radius 3 is 3.00 bits per heavy atom. The van der Waals surface area contributed by atoms with Gasteiger partial charge in [0, 0.05) is 24.3 Å². The third-order valence-corrected chi connectivity index (χ3v) is 4.46. The number of nitrogens with two attached hydrogens (primary N) is 1. The molecule has 0 saturated carbocycles. The highest BCUT2D eigenvalue weighted by molar-refractivity contribution is 5.82. The van der Waals surface area contributed by atoms with Crippen LogP contribution in [-0.2, 0) is 12.8 Å². The van der Waals surface area contributed by atoms with Crippen LogP contribution >= 0.6 is 0 Å². The van der Waals surface area contributed by atoms with Crippen LogP contribution in [0.2, 0.25) is 0 Å². The van der Waals surface area contributed by atoms with Gasteiger partial charge in [-0.1, -0.05) is 12.1 Å².